The third-order valence-electron chi connectivity index (χ3n) is 4.71. The topological polar surface area (TPSA) is 73.2 Å². The van der Waals surface area contributed by atoms with Crippen molar-refractivity contribution in [2.24, 2.45) is 0 Å². The molecular weight excluding hydrogens is 378 g/mol. The second-order valence-electron chi connectivity index (χ2n) is 8.22. The number of nitrogens with one attached hydrogen (secondary N) is 1. The lowest BCUT2D eigenvalue weighted by Gasteiger charge is -2.14. The maximum atomic E-state index is 12.4. The van der Waals surface area contributed by atoms with Crippen molar-refractivity contribution in [2.75, 3.05) is 11.9 Å². The van der Waals surface area contributed by atoms with Crippen molar-refractivity contribution in [3.8, 4) is 5.69 Å². The van der Waals surface area contributed by atoms with Crippen LogP contribution in [0.2, 0.25) is 0 Å². The first-order chi connectivity index (χ1) is 14.2. The van der Waals surface area contributed by atoms with Gasteiger partial charge in [0, 0.05) is 11.5 Å². The van der Waals surface area contributed by atoms with E-state index in [4.69, 9.17) is 4.74 Å². The molecule has 0 atom stereocenters. The highest BCUT2D eigenvalue weighted by molar-refractivity contribution is 5.92. The number of carbonyl (C=O) groups is 2. The van der Waals surface area contributed by atoms with Crippen LogP contribution in [0.25, 0.3) is 5.69 Å². The van der Waals surface area contributed by atoms with Crippen molar-refractivity contribution in [3.05, 3.63) is 77.5 Å². The summed E-state index contributed by atoms with van der Waals surface area (Å²) < 4.78 is 6.86. The molecule has 1 aromatic heterocycles. The maximum absolute atomic E-state index is 12.4. The van der Waals surface area contributed by atoms with E-state index in [9.17, 15) is 9.59 Å². The van der Waals surface area contributed by atoms with Crippen LogP contribution < -0.4 is 5.32 Å². The molecule has 0 bridgehead atoms. The number of esters is 1. The smallest absolute Gasteiger partial charge is 0.310 e. The molecule has 0 aliphatic carbocycles. The molecule has 6 nitrogen and oxygen atoms in total. The van der Waals surface area contributed by atoms with Crippen molar-refractivity contribution in [3.63, 3.8) is 0 Å². The predicted octanol–water partition coefficient (Wildman–Crippen LogP) is 4.20. The van der Waals surface area contributed by atoms with Crippen LogP contribution in [0.5, 0.6) is 0 Å². The van der Waals surface area contributed by atoms with Crippen molar-refractivity contribution < 1.29 is 14.3 Å². The van der Waals surface area contributed by atoms with E-state index in [0.29, 0.717) is 5.82 Å². The molecule has 1 N–H and O–H groups in total. The highest BCUT2D eigenvalue weighted by atomic mass is 16.5. The van der Waals surface area contributed by atoms with Crippen molar-refractivity contribution in [1.29, 1.82) is 0 Å². The van der Waals surface area contributed by atoms with Gasteiger partial charge in [-0.15, -0.1) is 0 Å². The molecule has 0 fully saturated rings. The highest BCUT2D eigenvalue weighted by Gasteiger charge is 2.21. The van der Waals surface area contributed by atoms with Crippen molar-refractivity contribution in [2.45, 2.75) is 39.5 Å². The largest absolute Gasteiger partial charge is 0.455 e. The van der Waals surface area contributed by atoms with Gasteiger partial charge in [0.25, 0.3) is 5.91 Å². The summed E-state index contributed by atoms with van der Waals surface area (Å²) >= 11 is 0. The van der Waals surface area contributed by atoms with Gasteiger partial charge in [0.2, 0.25) is 0 Å². The van der Waals surface area contributed by atoms with E-state index < -0.39 is 11.9 Å². The molecule has 3 aromatic rings. The minimum absolute atomic E-state index is 0.135. The predicted molar refractivity (Wildman–Crippen MR) is 117 cm³/mol. The van der Waals surface area contributed by atoms with Gasteiger partial charge in [-0.3, -0.25) is 9.59 Å². The third-order valence-corrected chi connectivity index (χ3v) is 4.71. The Bertz CT molecular complexity index is 1030. The van der Waals surface area contributed by atoms with E-state index in [1.807, 2.05) is 67.6 Å². The summed E-state index contributed by atoms with van der Waals surface area (Å²) in [5.41, 5.74) is 3.40. The van der Waals surface area contributed by atoms with Crippen LogP contribution in [-0.2, 0) is 26.2 Å². The summed E-state index contributed by atoms with van der Waals surface area (Å²) in [6, 6.07) is 19.0. The number of carbonyl (C=O) groups excluding carboxylic acids is 2. The van der Waals surface area contributed by atoms with E-state index >= 15 is 0 Å². The van der Waals surface area contributed by atoms with E-state index in [2.05, 4.69) is 31.2 Å². The Hall–Kier alpha value is -3.41. The van der Waals surface area contributed by atoms with Gasteiger partial charge < -0.3 is 10.1 Å². The standard InChI is InChI=1S/C24H27N3O3/c1-17-10-8-9-11-18(17)14-23(29)30-16-22(28)25-21-15-20(24(2,3)4)26-27(21)19-12-6-5-7-13-19/h5-13,15H,14,16H2,1-4H3,(H,25,28). The van der Waals surface area contributed by atoms with Gasteiger partial charge in [-0.25, -0.2) is 4.68 Å². The molecule has 2 aromatic carbocycles. The monoisotopic (exact) mass is 405 g/mol. The zero-order valence-corrected chi connectivity index (χ0v) is 17.8. The summed E-state index contributed by atoms with van der Waals surface area (Å²) in [4.78, 5) is 24.6. The van der Waals surface area contributed by atoms with Gasteiger partial charge in [-0.05, 0) is 30.2 Å². The van der Waals surface area contributed by atoms with Crippen LogP contribution in [0.4, 0.5) is 5.82 Å². The van der Waals surface area contributed by atoms with Crippen LogP contribution in [0.3, 0.4) is 0 Å². The van der Waals surface area contributed by atoms with Crippen LogP contribution in [0.15, 0.2) is 60.7 Å². The number of aromatic nitrogens is 2. The Kier molecular flexibility index (Phi) is 6.35. The molecule has 0 radical (unpaired) electrons. The lowest BCUT2D eigenvalue weighted by molar-refractivity contribution is -0.146. The second kappa shape index (κ2) is 8.95. The first-order valence-corrected chi connectivity index (χ1v) is 9.90. The molecule has 0 aliphatic rings. The van der Waals surface area contributed by atoms with E-state index in [1.54, 1.807) is 4.68 Å². The molecule has 0 aliphatic heterocycles. The fraction of sp³-hybridized carbons (Fsp3) is 0.292. The lowest BCUT2D eigenvalue weighted by atomic mass is 9.92. The quantitative estimate of drug-likeness (QED) is 0.624. The van der Waals surface area contributed by atoms with Crippen LogP contribution in [0, 0.1) is 6.92 Å². The molecule has 1 heterocycles. The third kappa shape index (κ3) is 5.35. The Morgan fingerprint density at radius 2 is 1.70 bits per heavy atom. The number of ether oxygens (including phenoxy) is 1. The van der Waals surface area contributed by atoms with Gasteiger partial charge in [0.1, 0.15) is 5.82 Å². The number of para-hydroxylation sites is 1. The number of benzene rings is 2. The average Bonchev–Trinajstić information content (AvgIpc) is 3.13. The van der Waals surface area contributed by atoms with Crippen LogP contribution >= 0.6 is 0 Å². The van der Waals surface area contributed by atoms with Crippen LogP contribution in [0.1, 0.15) is 37.6 Å². The summed E-state index contributed by atoms with van der Waals surface area (Å²) in [7, 11) is 0. The number of rotatable bonds is 6. The molecule has 30 heavy (non-hydrogen) atoms. The molecule has 156 valence electrons. The molecule has 3 rings (SSSR count). The first-order valence-electron chi connectivity index (χ1n) is 9.90. The lowest BCUT2D eigenvalue weighted by Crippen LogP contribution is -2.23. The highest BCUT2D eigenvalue weighted by Crippen LogP contribution is 2.26. The van der Waals surface area contributed by atoms with Gasteiger partial charge >= 0.3 is 5.97 Å². The number of anilines is 1. The SMILES string of the molecule is Cc1ccccc1CC(=O)OCC(=O)Nc1cc(C(C)(C)C)nn1-c1ccccc1. The minimum atomic E-state index is -0.439. The fourth-order valence-electron chi connectivity index (χ4n) is 2.94. The zero-order chi connectivity index (χ0) is 21.7. The van der Waals surface area contributed by atoms with Crippen molar-refractivity contribution in [1.82, 2.24) is 9.78 Å². The Labute approximate surface area is 176 Å². The Balaban J connectivity index is 1.68. The summed E-state index contributed by atoms with van der Waals surface area (Å²) in [5.74, 6) is -0.317. The van der Waals surface area contributed by atoms with Crippen molar-refractivity contribution >= 4 is 17.7 Å². The molecule has 6 heteroatoms. The minimum Gasteiger partial charge on any atom is -0.455 e. The van der Waals surface area contributed by atoms with Gasteiger partial charge in [-0.2, -0.15) is 5.10 Å². The molecule has 0 unspecified atom stereocenters. The molecule has 1 amide bonds. The van der Waals surface area contributed by atoms with E-state index in [-0.39, 0.29) is 18.4 Å². The second-order valence-corrected chi connectivity index (χ2v) is 8.22. The first kappa shape index (κ1) is 21.3. The summed E-state index contributed by atoms with van der Waals surface area (Å²) in [5, 5.41) is 7.48. The van der Waals surface area contributed by atoms with E-state index in [1.165, 1.54) is 0 Å². The van der Waals surface area contributed by atoms with Crippen LogP contribution in [-0.4, -0.2) is 28.3 Å². The Morgan fingerprint density at radius 1 is 1.03 bits per heavy atom. The summed E-state index contributed by atoms with van der Waals surface area (Å²) in [6.45, 7) is 7.76. The number of hydrogen-bond acceptors (Lipinski definition) is 4. The average molecular weight is 405 g/mol. The molecule has 0 saturated heterocycles. The van der Waals surface area contributed by atoms with Gasteiger partial charge in [0.05, 0.1) is 17.8 Å². The fourth-order valence-corrected chi connectivity index (χ4v) is 2.94. The number of amides is 1. The normalized spacial score (nSPS) is 11.2. The molecule has 0 spiro atoms. The molecular formula is C24H27N3O3. The maximum Gasteiger partial charge on any atom is 0.310 e. The Morgan fingerprint density at radius 3 is 2.37 bits per heavy atom. The number of hydrogen-bond donors (Lipinski definition) is 1. The van der Waals surface area contributed by atoms with E-state index in [0.717, 1.165) is 22.5 Å². The number of nitrogens with zero attached hydrogens (tertiary/aromatic N) is 2. The van der Waals surface area contributed by atoms with Gasteiger partial charge in [0.15, 0.2) is 6.61 Å². The number of aryl methyl sites for hydroxylation is 1. The van der Waals surface area contributed by atoms with Gasteiger partial charge in [-0.1, -0.05) is 63.2 Å². The summed E-state index contributed by atoms with van der Waals surface area (Å²) in [6.07, 6.45) is 0.135. The molecule has 0 saturated carbocycles. The zero-order valence-electron chi connectivity index (χ0n) is 17.8.